The van der Waals surface area contributed by atoms with Crippen molar-refractivity contribution in [1.82, 2.24) is 10.2 Å². The largest absolute Gasteiger partial charge is 0.383 e. The summed E-state index contributed by atoms with van der Waals surface area (Å²) in [5, 5.41) is 3.59. The lowest BCUT2D eigenvalue weighted by Crippen LogP contribution is -2.45. The van der Waals surface area contributed by atoms with Crippen molar-refractivity contribution < 1.29 is 4.74 Å². The number of hydrogen-bond acceptors (Lipinski definition) is 3. The first kappa shape index (κ1) is 16.9. The Kier molecular flexibility index (Phi) is 10.9. The zero-order chi connectivity index (χ0) is 13.1. The van der Waals surface area contributed by atoms with Crippen molar-refractivity contribution in [2.24, 2.45) is 0 Å². The molecule has 3 nitrogen and oxygen atoms in total. The third kappa shape index (κ3) is 7.74. The SMILES string of the molecule is CCCC(CN(CCOC)C(C)CC)NCC. The molecule has 0 rings (SSSR count). The van der Waals surface area contributed by atoms with Crippen LogP contribution in [-0.4, -0.2) is 50.3 Å². The highest BCUT2D eigenvalue weighted by Gasteiger charge is 2.16. The lowest BCUT2D eigenvalue weighted by atomic mass is 10.1. The number of methoxy groups -OCH3 is 1. The summed E-state index contributed by atoms with van der Waals surface area (Å²) in [4.78, 5) is 2.55. The molecule has 0 spiro atoms. The summed E-state index contributed by atoms with van der Waals surface area (Å²) in [7, 11) is 1.78. The quantitative estimate of drug-likeness (QED) is 0.604. The fraction of sp³-hybridized carbons (Fsp3) is 1.00. The Morgan fingerprint density at radius 2 is 1.94 bits per heavy atom. The summed E-state index contributed by atoms with van der Waals surface area (Å²) in [6, 6.07) is 1.26. The molecule has 0 saturated heterocycles. The Morgan fingerprint density at radius 3 is 2.41 bits per heavy atom. The Hall–Kier alpha value is -0.120. The van der Waals surface area contributed by atoms with Gasteiger partial charge >= 0.3 is 0 Å². The lowest BCUT2D eigenvalue weighted by Gasteiger charge is -2.32. The van der Waals surface area contributed by atoms with Crippen LogP contribution in [0.4, 0.5) is 0 Å². The van der Waals surface area contributed by atoms with E-state index in [2.05, 4.69) is 37.9 Å². The van der Waals surface area contributed by atoms with Crippen LogP contribution in [0, 0.1) is 0 Å². The number of nitrogens with zero attached hydrogens (tertiary/aromatic N) is 1. The van der Waals surface area contributed by atoms with Gasteiger partial charge in [0.15, 0.2) is 0 Å². The molecule has 104 valence electrons. The summed E-state index contributed by atoms with van der Waals surface area (Å²) in [5.41, 5.74) is 0. The Morgan fingerprint density at radius 1 is 1.24 bits per heavy atom. The fourth-order valence-corrected chi connectivity index (χ4v) is 2.14. The predicted octanol–water partition coefficient (Wildman–Crippen LogP) is 2.51. The van der Waals surface area contributed by atoms with E-state index >= 15 is 0 Å². The van der Waals surface area contributed by atoms with Gasteiger partial charge < -0.3 is 10.1 Å². The minimum absolute atomic E-state index is 0.621. The van der Waals surface area contributed by atoms with Crippen LogP contribution in [0.3, 0.4) is 0 Å². The molecule has 0 aromatic carbocycles. The average Bonchev–Trinajstić information content (AvgIpc) is 2.33. The van der Waals surface area contributed by atoms with Crippen molar-refractivity contribution in [3.63, 3.8) is 0 Å². The van der Waals surface area contributed by atoms with Gasteiger partial charge in [0, 0.05) is 32.3 Å². The molecule has 0 amide bonds. The molecule has 0 bridgehead atoms. The molecular weight excluding hydrogens is 212 g/mol. The molecule has 0 radical (unpaired) electrons. The molecule has 17 heavy (non-hydrogen) atoms. The van der Waals surface area contributed by atoms with Crippen molar-refractivity contribution in [1.29, 1.82) is 0 Å². The van der Waals surface area contributed by atoms with Gasteiger partial charge in [-0.1, -0.05) is 27.2 Å². The summed E-state index contributed by atoms with van der Waals surface area (Å²) in [6.45, 7) is 13.1. The lowest BCUT2D eigenvalue weighted by molar-refractivity contribution is 0.113. The molecule has 1 N–H and O–H groups in total. The molecule has 0 aromatic heterocycles. The van der Waals surface area contributed by atoms with E-state index in [1.807, 2.05) is 0 Å². The van der Waals surface area contributed by atoms with Gasteiger partial charge in [-0.3, -0.25) is 4.90 Å². The zero-order valence-electron chi connectivity index (χ0n) is 12.5. The van der Waals surface area contributed by atoms with Crippen molar-refractivity contribution in [2.45, 2.75) is 59.0 Å². The van der Waals surface area contributed by atoms with Crippen LogP contribution in [0.15, 0.2) is 0 Å². The van der Waals surface area contributed by atoms with Gasteiger partial charge in [-0.15, -0.1) is 0 Å². The maximum Gasteiger partial charge on any atom is 0.0589 e. The monoisotopic (exact) mass is 244 g/mol. The Bertz CT molecular complexity index is 158. The van der Waals surface area contributed by atoms with Crippen molar-refractivity contribution >= 4 is 0 Å². The molecule has 2 atom stereocenters. The molecule has 0 aliphatic carbocycles. The van der Waals surface area contributed by atoms with Gasteiger partial charge in [0.2, 0.25) is 0 Å². The van der Waals surface area contributed by atoms with Crippen LogP contribution in [0.25, 0.3) is 0 Å². The average molecular weight is 244 g/mol. The molecule has 0 heterocycles. The van der Waals surface area contributed by atoms with Gasteiger partial charge in [0.1, 0.15) is 0 Å². The highest BCUT2D eigenvalue weighted by molar-refractivity contribution is 4.75. The third-order valence-corrected chi connectivity index (χ3v) is 3.38. The first-order chi connectivity index (χ1) is 8.19. The normalized spacial score (nSPS) is 15.2. The maximum absolute atomic E-state index is 5.21. The number of rotatable bonds is 11. The van der Waals surface area contributed by atoms with E-state index in [0.29, 0.717) is 12.1 Å². The first-order valence-corrected chi connectivity index (χ1v) is 7.15. The molecular formula is C14H32N2O. The number of nitrogens with one attached hydrogen (secondary N) is 1. The number of ether oxygens (including phenoxy) is 1. The Labute approximate surface area is 108 Å². The minimum Gasteiger partial charge on any atom is -0.383 e. The molecule has 0 aliphatic rings. The van der Waals surface area contributed by atoms with E-state index in [1.54, 1.807) is 7.11 Å². The summed E-state index contributed by atoms with van der Waals surface area (Å²) in [5.74, 6) is 0. The van der Waals surface area contributed by atoms with Gasteiger partial charge in [-0.2, -0.15) is 0 Å². The van der Waals surface area contributed by atoms with E-state index in [9.17, 15) is 0 Å². The molecule has 3 heteroatoms. The minimum atomic E-state index is 0.621. The standard InChI is InChI=1S/C14H32N2O/c1-6-9-14(15-8-3)12-16(10-11-17-5)13(4)7-2/h13-15H,6-12H2,1-5H3. The van der Waals surface area contributed by atoms with Gasteiger partial charge in [0.05, 0.1) is 6.61 Å². The van der Waals surface area contributed by atoms with Crippen LogP contribution in [0.2, 0.25) is 0 Å². The van der Waals surface area contributed by atoms with E-state index < -0.39 is 0 Å². The first-order valence-electron chi connectivity index (χ1n) is 7.15. The predicted molar refractivity (Wildman–Crippen MR) is 75.6 cm³/mol. The van der Waals surface area contributed by atoms with Crippen LogP contribution in [-0.2, 0) is 4.74 Å². The summed E-state index contributed by atoms with van der Waals surface area (Å²) >= 11 is 0. The smallest absolute Gasteiger partial charge is 0.0589 e. The van der Waals surface area contributed by atoms with E-state index in [-0.39, 0.29) is 0 Å². The maximum atomic E-state index is 5.21. The van der Waals surface area contributed by atoms with E-state index in [4.69, 9.17) is 4.74 Å². The number of hydrogen-bond donors (Lipinski definition) is 1. The highest BCUT2D eigenvalue weighted by atomic mass is 16.5. The highest BCUT2D eigenvalue weighted by Crippen LogP contribution is 2.07. The summed E-state index contributed by atoms with van der Waals surface area (Å²) < 4.78 is 5.21. The molecule has 0 saturated carbocycles. The van der Waals surface area contributed by atoms with Crippen LogP contribution >= 0.6 is 0 Å². The van der Waals surface area contributed by atoms with Gasteiger partial charge in [-0.25, -0.2) is 0 Å². The third-order valence-electron chi connectivity index (χ3n) is 3.38. The molecule has 0 aliphatic heterocycles. The zero-order valence-corrected chi connectivity index (χ0v) is 12.5. The van der Waals surface area contributed by atoms with Crippen molar-refractivity contribution in [3.05, 3.63) is 0 Å². The summed E-state index contributed by atoms with van der Waals surface area (Å²) in [6.07, 6.45) is 3.71. The van der Waals surface area contributed by atoms with Crippen LogP contribution < -0.4 is 5.32 Å². The second kappa shape index (κ2) is 11.0. The molecule has 0 fully saturated rings. The second-order valence-electron chi connectivity index (χ2n) is 4.79. The van der Waals surface area contributed by atoms with Gasteiger partial charge in [0.25, 0.3) is 0 Å². The van der Waals surface area contributed by atoms with Crippen LogP contribution in [0.5, 0.6) is 0 Å². The van der Waals surface area contributed by atoms with Crippen LogP contribution in [0.1, 0.15) is 47.0 Å². The van der Waals surface area contributed by atoms with Gasteiger partial charge in [-0.05, 0) is 26.3 Å². The molecule has 2 unspecified atom stereocenters. The topological polar surface area (TPSA) is 24.5 Å². The van der Waals surface area contributed by atoms with E-state index in [0.717, 1.165) is 26.2 Å². The fourth-order valence-electron chi connectivity index (χ4n) is 2.14. The van der Waals surface area contributed by atoms with E-state index in [1.165, 1.54) is 19.3 Å². The van der Waals surface area contributed by atoms with Crippen molar-refractivity contribution in [2.75, 3.05) is 33.4 Å². The number of likely N-dealkylation sites (N-methyl/N-ethyl adjacent to an activating group) is 1. The Balaban J connectivity index is 4.24. The molecule has 0 aromatic rings. The second-order valence-corrected chi connectivity index (χ2v) is 4.79. The van der Waals surface area contributed by atoms with Crippen molar-refractivity contribution in [3.8, 4) is 0 Å².